The van der Waals surface area contributed by atoms with Crippen molar-refractivity contribution in [1.82, 2.24) is 10.2 Å². The fraction of sp³-hybridized carbons (Fsp3) is 1.00. The van der Waals surface area contributed by atoms with Crippen LogP contribution in [0.4, 0.5) is 0 Å². The molecule has 1 saturated carbocycles. The van der Waals surface area contributed by atoms with E-state index in [2.05, 4.69) is 24.3 Å². The van der Waals surface area contributed by atoms with Crippen molar-refractivity contribution in [2.45, 2.75) is 10.8 Å². The Kier molecular flexibility index (Phi) is 3.65. The van der Waals surface area contributed by atoms with E-state index in [1.807, 2.05) is 0 Å². The van der Waals surface area contributed by atoms with Gasteiger partial charge in [0.05, 0.1) is 0 Å². The summed E-state index contributed by atoms with van der Waals surface area (Å²) in [4.78, 5) is 2.15. The van der Waals surface area contributed by atoms with Gasteiger partial charge in [-0.05, 0) is 20.5 Å². The standard InChI is InChI=1S/C8H16Cl2N2/c1-12(2)4-3-11-6-7-5-8(7,9)10/h7,11H,3-6H2,1-2H3. The molecule has 2 nitrogen and oxygen atoms in total. The molecule has 1 N–H and O–H groups in total. The molecule has 0 radical (unpaired) electrons. The zero-order valence-corrected chi connectivity index (χ0v) is 9.12. The van der Waals surface area contributed by atoms with Crippen molar-refractivity contribution in [3.05, 3.63) is 0 Å². The Balaban J connectivity index is 1.91. The fourth-order valence-corrected chi connectivity index (χ4v) is 1.60. The lowest BCUT2D eigenvalue weighted by atomic mass is 10.4. The monoisotopic (exact) mass is 210 g/mol. The summed E-state index contributed by atoms with van der Waals surface area (Å²) in [6.07, 6.45) is 0.936. The van der Waals surface area contributed by atoms with E-state index < -0.39 is 4.33 Å². The van der Waals surface area contributed by atoms with Gasteiger partial charge >= 0.3 is 0 Å². The van der Waals surface area contributed by atoms with Gasteiger partial charge in [-0.25, -0.2) is 0 Å². The number of hydrogen-bond donors (Lipinski definition) is 1. The maximum Gasteiger partial charge on any atom is 0.122 e. The first-order chi connectivity index (χ1) is 5.52. The van der Waals surface area contributed by atoms with Gasteiger partial charge in [0.1, 0.15) is 4.33 Å². The van der Waals surface area contributed by atoms with Gasteiger partial charge in [0.25, 0.3) is 0 Å². The number of nitrogens with zero attached hydrogens (tertiary/aromatic N) is 1. The first kappa shape index (κ1) is 10.6. The summed E-state index contributed by atoms with van der Waals surface area (Å²) >= 11 is 11.7. The van der Waals surface area contributed by atoms with E-state index in [1.165, 1.54) is 0 Å². The summed E-state index contributed by atoms with van der Waals surface area (Å²) in [7, 11) is 4.12. The summed E-state index contributed by atoms with van der Waals surface area (Å²) in [6.45, 7) is 3.01. The number of halogens is 2. The largest absolute Gasteiger partial charge is 0.315 e. The Hall–Kier alpha value is 0.500. The van der Waals surface area contributed by atoms with E-state index >= 15 is 0 Å². The third-order valence-corrected chi connectivity index (χ3v) is 3.01. The summed E-state index contributed by atoms with van der Waals surface area (Å²) < 4.78 is -0.425. The molecular formula is C8H16Cl2N2. The molecule has 1 unspecified atom stereocenters. The van der Waals surface area contributed by atoms with Gasteiger partial charge in [-0.3, -0.25) is 0 Å². The Morgan fingerprint density at radius 3 is 2.50 bits per heavy atom. The van der Waals surface area contributed by atoms with Crippen molar-refractivity contribution in [1.29, 1.82) is 0 Å². The van der Waals surface area contributed by atoms with Crippen LogP contribution in [-0.2, 0) is 0 Å². The van der Waals surface area contributed by atoms with Crippen molar-refractivity contribution < 1.29 is 0 Å². The molecule has 12 heavy (non-hydrogen) atoms. The number of hydrogen-bond acceptors (Lipinski definition) is 2. The van der Waals surface area contributed by atoms with Crippen molar-refractivity contribution in [2.24, 2.45) is 5.92 Å². The molecule has 72 valence electrons. The van der Waals surface area contributed by atoms with Crippen LogP contribution in [0.1, 0.15) is 6.42 Å². The third-order valence-electron chi connectivity index (χ3n) is 2.08. The second-order valence-corrected chi connectivity index (χ2v) is 5.21. The second kappa shape index (κ2) is 4.14. The number of nitrogens with one attached hydrogen (secondary N) is 1. The van der Waals surface area contributed by atoms with Crippen molar-refractivity contribution >= 4 is 23.2 Å². The molecule has 0 aliphatic heterocycles. The molecule has 1 atom stereocenters. The predicted molar refractivity (Wildman–Crippen MR) is 54.0 cm³/mol. The molecule has 0 saturated heterocycles. The maximum absolute atomic E-state index is 5.86. The van der Waals surface area contributed by atoms with Gasteiger partial charge in [-0.1, -0.05) is 0 Å². The van der Waals surface area contributed by atoms with Crippen molar-refractivity contribution in [3.63, 3.8) is 0 Å². The van der Waals surface area contributed by atoms with Crippen LogP contribution in [0, 0.1) is 5.92 Å². The predicted octanol–water partition coefficient (Wildman–Crippen LogP) is 1.33. The minimum Gasteiger partial charge on any atom is -0.315 e. The molecule has 0 bridgehead atoms. The van der Waals surface area contributed by atoms with E-state index in [4.69, 9.17) is 23.2 Å². The average Bonchev–Trinajstić information content (AvgIpc) is 2.51. The van der Waals surface area contributed by atoms with E-state index in [-0.39, 0.29) is 0 Å². The SMILES string of the molecule is CN(C)CCNCC1CC1(Cl)Cl. The number of likely N-dealkylation sites (N-methyl/N-ethyl adjacent to an activating group) is 1. The van der Waals surface area contributed by atoms with E-state index in [9.17, 15) is 0 Å². The molecule has 0 amide bonds. The van der Waals surface area contributed by atoms with E-state index in [1.54, 1.807) is 0 Å². The minimum absolute atomic E-state index is 0.425. The van der Waals surface area contributed by atoms with Gasteiger partial charge in [-0.2, -0.15) is 0 Å². The summed E-state index contributed by atoms with van der Waals surface area (Å²) in [5.41, 5.74) is 0. The zero-order chi connectivity index (χ0) is 9.19. The normalized spacial score (nSPS) is 26.2. The molecular weight excluding hydrogens is 195 g/mol. The lowest BCUT2D eigenvalue weighted by Crippen LogP contribution is -2.28. The third kappa shape index (κ3) is 3.48. The fourth-order valence-electron chi connectivity index (χ4n) is 1.07. The molecule has 0 aromatic rings. The highest BCUT2D eigenvalue weighted by Gasteiger charge is 2.50. The molecule has 1 rings (SSSR count). The topological polar surface area (TPSA) is 15.3 Å². The van der Waals surface area contributed by atoms with Crippen LogP contribution in [0.2, 0.25) is 0 Å². The summed E-state index contributed by atoms with van der Waals surface area (Å²) in [5.74, 6) is 0.461. The van der Waals surface area contributed by atoms with Gasteiger partial charge in [0.2, 0.25) is 0 Å². The van der Waals surface area contributed by atoms with Crippen LogP contribution in [0.25, 0.3) is 0 Å². The number of rotatable bonds is 5. The molecule has 0 aromatic carbocycles. The molecule has 0 heterocycles. The Morgan fingerprint density at radius 2 is 2.08 bits per heavy atom. The van der Waals surface area contributed by atoms with E-state index in [0.29, 0.717) is 5.92 Å². The Morgan fingerprint density at radius 1 is 1.50 bits per heavy atom. The van der Waals surface area contributed by atoms with Crippen molar-refractivity contribution in [3.8, 4) is 0 Å². The average molecular weight is 211 g/mol. The molecule has 0 aromatic heterocycles. The van der Waals surface area contributed by atoms with Gasteiger partial charge in [0, 0.05) is 25.6 Å². The lowest BCUT2D eigenvalue weighted by molar-refractivity contribution is 0.398. The minimum atomic E-state index is -0.425. The van der Waals surface area contributed by atoms with Crippen LogP contribution in [-0.4, -0.2) is 43.0 Å². The van der Waals surface area contributed by atoms with Crippen LogP contribution in [0.15, 0.2) is 0 Å². The van der Waals surface area contributed by atoms with E-state index in [0.717, 1.165) is 26.1 Å². The Bertz CT molecular complexity index is 148. The molecule has 4 heteroatoms. The van der Waals surface area contributed by atoms with Crippen LogP contribution >= 0.6 is 23.2 Å². The van der Waals surface area contributed by atoms with Gasteiger partial charge in [0.15, 0.2) is 0 Å². The summed E-state index contributed by atoms with van der Waals surface area (Å²) in [6, 6.07) is 0. The van der Waals surface area contributed by atoms with Crippen LogP contribution in [0.5, 0.6) is 0 Å². The second-order valence-electron chi connectivity index (χ2n) is 3.67. The highest BCUT2D eigenvalue weighted by atomic mass is 35.5. The quantitative estimate of drug-likeness (QED) is 0.545. The van der Waals surface area contributed by atoms with Crippen LogP contribution < -0.4 is 5.32 Å². The first-order valence-electron chi connectivity index (χ1n) is 4.25. The highest BCUT2D eigenvalue weighted by Crippen LogP contribution is 2.52. The summed E-state index contributed by atoms with van der Waals surface area (Å²) in [5, 5.41) is 3.32. The zero-order valence-electron chi connectivity index (χ0n) is 7.61. The van der Waals surface area contributed by atoms with Gasteiger partial charge in [-0.15, -0.1) is 23.2 Å². The smallest absolute Gasteiger partial charge is 0.122 e. The van der Waals surface area contributed by atoms with Gasteiger partial charge < -0.3 is 10.2 Å². The molecule has 0 spiro atoms. The molecule has 1 fully saturated rings. The Labute approximate surface area is 84.2 Å². The lowest BCUT2D eigenvalue weighted by Gasteiger charge is -2.09. The first-order valence-corrected chi connectivity index (χ1v) is 5.01. The number of alkyl halides is 2. The van der Waals surface area contributed by atoms with Crippen molar-refractivity contribution in [2.75, 3.05) is 33.7 Å². The highest BCUT2D eigenvalue weighted by molar-refractivity contribution is 6.50. The maximum atomic E-state index is 5.86. The molecule has 1 aliphatic carbocycles. The molecule has 1 aliphatic rings. The van der Waals surface area contributed by atoms with Crippen LogP contribution in [0.3, 0.4) is 0 Å².